The van der Waals surface area contributed by atoms with E-state index in [0.29, 0.717) is 140 Å². The molecule has 137 heavy (non-hydrogen) atoms. The van der Waals surface area contributed by atoms with E-state index in [1.165, 1.54) is 77.9 Å². The van der Waals surface area contributed by atoms with Crippen molar-refractivity contribution >= 4 is 81.3 Å². The summed E-state index contributed by atoms with van der Waals surface area (Å²) in [5, 5.41) is 55.4. The maximum Gasteiger partial charge on any atom is 0.351 e. The van der Waals surface area contributed by atoms with Gasteiger partial charge in [0.05, 0.1) is 70.0 Å². The van der Waals surface area contributed by atoms with Gasteiger partial charge in [0.2, 0.25) is 6.79 Å². The standard InChI is InChI=1S/C50H46N4O13S.C49H51N3O14S.2CH4/c1-22-13-27-15-30-31(18-51)54-32-19-62-49(59)50(29-17-34(60-5)35(16-25(29)11-12-52-50)67-48(58)28-14-26-9-7-8-10-33(26)66-47(28)57)20-68-46(40(54)39(53(30)4)36(27)41(56)42(22)61-6)38-37(32)45-44(63-21-64-45)23(2)43(38)65-24(3)55;1-21-13-26-15-29-45(55)52-30-18-61-48(58)49(28-17-32(59-5)33(16-24(28)11-12-50-49)66-47(57)27-14-25-9-7-8-10-31(25)65-46(27)56)19-67-44(38(52)37(51(29)4)34(26)39(54)40(21)60-6)36-35(30)43-42(62-20-63-43)22(2)41(36)64-23(3)53;;/h7-10,13-14,16-17,30-32,39-40,46,52,56H,11-12,15,19-21H2,1-6H3;7-10,13-14,16-17,29-30,35-38,41,43-45,50,54-55H,11-12,15,18-20H2,1-6H3;2*1H4/t30-,31-,32-,39+,40?,46+,50+;29-,30-,35?,36?,37+,38?,41?,43?,44+,45-,49+;;/m00../s1. The van der Waals surface area contributed by atoms with Crippen LogP contribution in [-0.4, -0.2) is 225 Å². The maximum absolute atomic E-state index is 15.2. The van der Waals surface area contributed by atoms with Gasteiger partial charge in [-0.25, -0.2) is 28.8 Å². The first kappa shape index (κ1) is 93.6. The first-order valence-corrected chi connectivity index (χ1v) is 46.8. The van der Waals surface area contributed by atoms with Crippen LogP contribution in [-0.2, 0) is 79.6 Å². The van der Waals surface area contributed by atoms with Crippen LogP contribution in [0.5, 0.6) is 63.2 Å². The number of piperidine rings is 1. The number of methoxy groups -OCH3 is 4. The molecule has 0 saturated carbocycles. The van der Waals surface area contributed by atoms with Crippen LogP contribution in [0.25, 0.3) is 21.9 Å². The molecule has 34 nitrogen and oxygen atoms in total. The molecule has 5 N–H and O–H groups in total. The van der Waals surface area contributed by atoms with Gasteiger partial charge in [0.25, 0.3) is 0 Å². The lowest BCUT2D eigenvalue weighted by molar-refractivity contribution is -0.224. The first-order valence-electron chi connectivity index (χ1n) is 44.7. The third-order valence-corrected chi connectivity index (χ3v) is 32.8. The van der Waals surface area contributed by atoms with Crippen molar-refractivity contribution in [2.24, 2.45) is 11.8 Å². The molecule has 1 aliphatic carbocycles. The van der Waals surface area contributed by atoms with E-state index in [2.05, 4.69) is 36.3 Å². The SMILES string of the molecule is C.C.COc1cc2c(cc1OC(=O)c1cc3ccccc3oc1=O)CCN[C@]21CS[C@@H]2C3C(OC(C)=O)C(C)=C4OCOC4C3[C@H](COC1=O)N1C2[C@H]2c3c(cc(C)c(OC)c3O)C[C@@H]([C@@H]1O)N2C.COc1cc2c(cc1OC(=O)c1cc3ccccc3oc1=O)CCN[C@]21CS[C@@H]2c3c(OC(C)=O)c(C)c4c(c3[C@H](COC1=O)N1C2[C@H]2c3c(cc(C)c(OC)c3O)C[C@@H]([C@@H]1C#N)N2C)OCO4. The van der Waals surface area contributed by atoms with E-state index in [1.807, 2.05) is 47.0 Å². The third kappa shape index (κ3) is 14.5. The largest absolute Gasteiger partial charge is 0.504 e. The highest BCUT2D eigenvalue weighted by molar-refractivity contribution is 8.00. The van der Waals surface area contributed by atoms with E-state index in [9.17, 15) is 49.3 Å². The average Bonchev–Trinajstić information content (AvgIpc) is 1.41. The highest BCUT2D eigenvalue weighted by atomic mass is 32.2. The molecule has 0 amide bonds. The normalized spacial score (nSPS) is 28.3. The van der Waals surface area contributed by atoms with Crippen molar-refractivity contribution in [2.45, 2.75) is 176 Å². The number of phenols is 2. The van der Waals surface area contributed by atoms with Gasteiger partial charge < -0.3 is 90.5 Å². The highest BCUT2D eigenvalue weighted by Crippen LogP contribution is 2.67. The van der Waals surface area contributed by atoms with E-state index >= 15 is 9.59 Å². The number of hydrogen-bond donors (Lipinski definition) is 5. The Labute approximate surface area is 795 Å². The number of nitriles is 1. The van der Waals surface area contributed by atoms with E-state index in [0.717, 1.165) is 27.8 Å². The van der Waals surface area contributed by atoms with E-state index in [4.69, 9.17) is 75.2 Å². The minimum absolute atomic E-state index is 0. The Hall–Kier alpha value is -12.4. The van der Waals surface area contributed by atoms with Crippen LogP contribution in [0, 0.1) is 43.9 Å². The summed E-state index contributed by atoms with van der Waals surface area (Å²) in [7, 11) is 9.81. The van der Waals surface area contributed by atoms with Gasteiger partial charge in [-0.3, -0.25) is 39.8 Å². The van der Waals surface area contributed by atoms with Gasteiger partial charge in [-0.1, -0.05) is 63.4 Å². The van der Waals surface area contributed by atoms with Crippen molar-refractivity contribution in [2.75, 3.05) is 93.9 Å². The monoisotopic (exact) mass is 1910 g/mol. The Morgan fingerprint density at radius 2 is 1.09 bits per heavy atom. The second kappa shape index (κ2) is 35.5. The van der Waals surface area contributed by atoms with E-state index < -0.39 is 147 Å². The summed E-state index contributed by atoms with van der Waals surface area (Å²) in [6, 6.07) is 24.6. The molecule has 2 aromatic heterocycles. The number of benzene rings is 7. The van der Waals surface area contributed by atoms with Gasteiger partial charge in [0.1, 0.15) is 71.5 Å². The quantitative estimate of drug-likeness (QED) is 0.0367. The molecule has 2 spiro atoms. The molecule has 7 fully saturated rings. The number of phenolic OH excluding ortho intramolecular Hbond substituents is 2. The minimum atomic E-state index is -1.52. The number of esters is 6. The van der Waals surface area contributed by atoms with E-state index in [1.54, 1.807) is 79.7 Å². The Morgan fingerprint density at radius 3 is 1.64 bits per heavy atom. The number of carbonyl (C=O) groups excluding carboxylic acids is 6. The van der Waals surface area contributed by atoms with Crippen molar-refractivity contribution in [1.82, 2.24) is 30.2 Å². The lowest BCUT2D eigenvalue weighted by Crippen LogP contribution is -2.78. The molecule has 8 bridgehead atoms. The van der Waals surface area contributed by atoms with Crippen LogP contribution in [0.1, 0.15) is 152 Å². The Kier molecular flexibility index (Phi) is 24.3. The van der Waals surface area contributed by atoms with Crippen molar-refractivity contribution in [3.05, 3.63) is 213 Å². The van der Waals surface area contributed by atoms with Crippen LogP contribution in [0.2, 0.25) is 0 Å². The molecule has 14 aliphatic heterocycles. The number of fused-ring (bicyclic) bond motifs is 20. The van der Waals surface area contributed by atoms with Crippen LogP contribution in [0.4, 0.5) is 0 Å². The number of nitrogens with zero attached hydrogens (tertiary/aromatic N) is 5. The zero-order valence-electron chi connectivity index (χ0n) is 75.7. The van der Waals surface area contributed by atoms with Crippen LogP contribution in [0.15, 0.2) is 127 Å². The number of aromatic hydroxyl groups is 2. The van der Waals surface area contributed by atoms with E-state index in [-0.39, 0.29) is 111 Å². The lowest BCUT2D eigenvalue weighted by atomic mass is 9.62. The fraction of sp³-hybridized carbons (Fsp3) is 0.436. The third-order valence-electron chi connectivity index (χ3n) is 29.7. The fourth-order valence-corrected chi connectivity index (χ4v) is 27.6. The number of aliphatic hydroxyl groups is 1. The highest BCUT2D eigenvalue weighted by Gasteiger charge is 2.69. The number of piperazine rings is 2. The summed E-state index contributed by atoms with van der Waals surface area (Å²) in [4.78, 5) is 118. The molecule has 18 atom stereocenters. The predicted octanol–water partition coefficient (Wildman–Crippen LogP) is 10.7. The first-order chi connectivity index (χ1) is 65.0. The van der Waals surface area contributed by atoms with Gasteiger partial charge in [0.15, 0.2) is 75.4 Å². The minimum Gasteiger partial charge on any atom is -0.504 e. The number of hydrogen-bond acceptors (Lipinski definition) is 36. The number of thioether (sulfide) groups is 2. The number of aryl methyl sites for hydroxylation is 2. The molecule has 7 aromatic carbocycles. The number of carbonyl (C=O) groups is 6. The molecule has 0 radical (unpaired) electrons. The van der Waals surface area contributed by atoms with Crippen molar-refractivity contribution < 1.29 is 119 Å². The van der Waals surface area contributed by atoms with Crippen molar-refractivity contribution in [3.63, 3.8) is 0 Å². The second-order valence-electron chi connectivity index (χ2n) is 36.5. The van der Waals surface area contributed by atoms with Gasteiger partial charge in [-0.05, 0) is 161 Å². The fourth-order valence-electron chi connectivity index (χ4n) is 24.0. The van der Waals surface area contributed by atoms with Gasteiger partial charge in [-0.2, -0.15) is 17.0 Å². The summed E-state index contributed by atoms with van der Waals surface area (Å²) < 4.78 is 96.2. The molecular weight excluding hydrogens is 1810 g/mol. The zero-order valence-corrected chi connectivity index (χ0v) is 77.3. The van der Waals surface area contributed by atoms with Gasteiger partial charge >= 0.3 is 47.1 Å². The zero-order chi connectivity index (χ0) is 94.3. The summed E-state index contributed by atoms with van der Waals surface area (Å²) in [6.45, 7) is 10.3. The smallest absolute Gasteiger partial charge is 0.351 e. The second-order valence-corrected chi connectivity index (χ2v) is 38.8. The Balaban J connectivity index is 0.000000173. The maximum atomic E-state index is 15.2. The summed E-state index contributed by atoms with van der Waals surface area (Å²) in [5.41, 5.74) is 4.95. The van der Waals surface area contributed by atoms with Crippen molar-refractivity contribution in [3.8, 4) is 69.3 Å². The summed E-state index contributed by atoms with van der Waals surface area (Å²) in [5.74, 6) is -2.13. The molecule has 24 rings (SSSR count). The molecule has 718 valence electrons. The summed E-state index contributed by atoms with van der Waals surface area (Å²) >= 11 is 2.92. The number of aliphatic hydroxyl groups excluding tert-OH is 1. The number of nitrogens with one attached hydrogen (secondary N) is 2. The summed E-state index contributed by atoms with van der Waals surface area (Å²) in [6.07, 6.45) is -0.674. The lowest BCUT2D eigenvalue weighted by Gasteiger charge is -2.66. The predicted molar refractivity (Wildman–Crippen MR) is 497 cm³/mol. The molecule has 9 aromatic rings. The van der Waals surface area contributed by atoms with Crippen LogP contribution < -0.4 is 64.5 Å². The Bertz CT molecular complexity index is 6770. The van der Waals surface area contributed by atoms with Gasteiger partial charge in [0, 0.05) is 118 Å². The number of likely N-dealkylation sites (N-methyl/N-ethyl adjacent to an activating group) is 2. The number of rotatable bonds is 10. The van der Waals surface area contributed by atoms with Gasteiger partial charge in [-0.15, -0.1) is 11.8 Å². The number of para-hydroxylation sites is 2. The molecule has 15 aliphatic rings. The molecule has 36 heteroatoms. The van der Waals surface area contributed by atoms with Crippen LogP contribution in [0.3, 0.4) is 0 Å². The molecule has 7 saturated heterocycles. The van der Waals surface area contributed by atoms with Crippen molar-refractivity contribution in [1.29, 1.82) is 5.26 Å². The molecule has 6 unspecified atom stereocenters. The topological polar surface area (TPSA) is 414 Å². The number of ether oxygens (including phenoxy) is 14. The average molecular weight is 1910 g/mol. The Morgan fingerprint density at radius 1 is 0.555 bits per heavy atom. The molecular formula is C101H105N7O27S2. The molecule has 16 heterocycles. The van der Waals surface area contributed by atoms with Crippen LogP contribution >= 0.6 is 23.5 Å².